The summed E-state index contributed by atoms with van der Waals surface area (Å²) in [4.78, 5) is 15.9. The summed E-state index contributed by atoms with van der Waals surface area (Å²) in [5, 5.41) is 0. The van der Waals surface area contributed by atoms with Gasteiger partial charge in [0.1, 0.15) is 0 Å². The number of rotatable bonds is 7. The smallest absolute Gasteiger partial charge is 0.232 e. The largest absolute Gasteiger partial charge is 0.383 e. The molecular weight excluding hydrogens is 236 g/mol. The third-order valence-electron chi connectivity index (χ3n) is 3.21. The summed E-state index contributed by atoms with van der Waals surface area (Å²) < 4.78 is 5.08. The second-order valence-corrected chi connectivity index (χ2v) is 5.52. The van der Waals surface area contributed by atoms with Crippen molar-refractivity contribution >= 4 is 17.7 Å². The Morgan fingerprint density at radius 3 is 3.00 bits per heavy atom. The molecule has 1 saturated heterocycles. The molecule has 1 amide bonds. The van der Waals surface area contributed by atoms with Gasteiger partial charge in [0.25, 0.3) is 0 Å². The third kappa shape index (κ3) is 5.27. The maximum absolute atomic E-state index is 11.7. The molecule has 1 heterocycles. The predicted molar refractivity (Wildman–Crippen MR) is 72.4 cm³/mol. The van der Waals surface area contributed by atoms with E-state index in [0.29, 0.717) is 11.7 Å². The van der Waals surface area contributed by atoms with Crippen molar-refractivity contribution in [3.63, 3.8) is 0 Å². The first-order valence-electron chi connectivity index (χ1n) is 6.11. The van der Waals surface area contributed by atoms with E-state index in [9.17, 15) is 4.79 Å². The second kappa shape index (κ2) is 7.95. The first-order chi connectivity index (χ1) is 8.17. The van der Waals surface area contributed by atoms with Gasteiger partial charge in [-0.25, -0.2) is 0 Å². The highest BCUT2D eigenvalue weighted by molar-refractivity contribution is 7.99. The van der Waals surface area contributed by atoms with Crippen LogP contribution < -0.4 is 0 Å². The van der Waals surface area contributed by atoms with Gasteiger partial charge in [0.05, 0.1) is 12.4 Å². The van der Waals surface area contributed by atoms with Gasteiger partial charge in [0, 0.05) is 33.8 Å². The van der Waals surface area contributed by atoms with Crippen molar-refractivity contribution < 1.29 is 9.53 Å². The fourth-order valence-electron chi connectivity index (χ4n) is 2.21. The summed E-state index contributed by atoms with van der Waals surface area (Å²) in [6.45, 7) is 4.94. The van der Waals surface area contributed by atoms with E-state index in [-0.39, 0.29) is 5.91 Å². The molecule has 0 spiro atoms. The lowest BCUT2D eigenvalue weighted by molar-refractivity contribution is -0.127. The van der Waals surface area contributed by atoms with Crippen LogP contribution in [-0.2, 0) is 9.53 Å². The normalized spacial score (nSPS) is 20.8. The lowest BCUT2D eigenvalue weighted by atomic mass is 10.1. The quantitative estimate of drug-likeness (QED) is 0.677. The van der Waals surface area contributed by atoms with Crippen LogP contribution in [0.4, 0.5) is 0 Å². The molecule has 4 nitrogen and oxygen atoms in total. The second-order valence-electron chi connectivity index (χ2n) is 4.66. The van der Waals surface area contributed by atoms with Crippen LogP contribution in [0.2, 0.25) is 0 Å². The van der Waals surface area contributed by atoms with Gasteiger partial charge >= 0.3 is 0 Å². The molecule has 0 aromatic rings. The lowest BCUT2D eigenvalue weighted by Crippen LogP contribution is -2.34. The van der Waals surface area contributed by atoms with E-state index in [0.717, 1.165) is 32.8 Å². The molecule has 1 rings (SSSR count). The Kier molecular flexibility index (Phi) is 6.92. The SMILES string of the molecule is COCCN1CC[C@H](CN(C)C(=O)CSC)C1. The van der Waals surface area contributed by atoms with Crippen LogP contribution in [0.15, 0.2) is 0 Å². The fraction of sp³-hybridized carbons (Fsp3) is 0.917. The Balaban J connectivity index is 2.22. The molecule has 5 heteroatoms. The molecule has 1 aliphatic heterocycles. The maximum atomic E-state index is 11.7. The number of hydrogen-bond acceptors (Lipinski definition) is 4. The van der Waals surface area contributed by atoms with Crippen molar-refractivity contribution in [3.05, 3.63) is 0 Å². The standard InChI is InChI=1S/C12H24N2O2S/c1-13(12(15)10-17-3)8-11-4-5-14(9-11)6-7-16-2/h11H,4-10H2,1-3H3/t11-/m1/s1. The zero-order valence-corrected chi connectivity index (χ0v) is 12.0. The molecule has 1 aliphatic rings. The molecule has 0 radical (unpaired) electrons. The molecule has 100 valence electrons. The fourth-order valence-corrected chi connectivity index (χ4v) is 2.68. The zero-order chi connectivity index (χ0) is 12.7. The van der Waals surface area contributed by atoms with Crippen molar-refractivity contribution in [2.75, 3.05) is 59.0 Å². The summed E-state index contributed by atoms with van der Waals surface area (Å²) >= 11 is 1.59. The van der Waals surface area contributed by atoms with Crippen molar-refractivity contribution in [1.82, 2.24) is 9.80 Å². The van der Waals surface area contributed by atoms with E-state index in [1.807, 2.05) is 18.2 Å². The summed E-state index contributed by atoms with van der Waals surface area (Å²) in [6, 6.07) is 0. The zero-order valence-electron chi connectivity index (χ0n) is 11.1. The molecule has 0 unspecified atom stereocenters. The van der Waals surface area contributed by atoms with E-state index in [2.05, 4.69) is 4.90 Å². The highest BCUT2D eigenvalue weighted by atomic mass is 32.2. The van der Waals surface area contributed by atoms with Gasteiger partial charge in [-0.1, -0.05) is 0 Å². The van der Waals surface area contributed by atoms with Crippen molar-refractivity contribution in [2.45, 2.75) is 6.42 Å². The van der Waals surface area contributed by atoms with Crippen LogP contribution in [0.1, 0.15) is 6.42 Å². The molecule has 0 saturated carbocycles. The average Bonchev–Trinajstić information content (AvgIpc) is 2.74. The Bertz CT molecular complexity index is 239. The molecular formula is C12H24N2O2S. The van der Waals surface area contributed by atoms with Crippen LogP contribution in [0.25, 0.3) is 0 Å². The minimum atomic E-state index is 0.243. The van der Waals surface area contributed by atoms with Crippen LogP contribution in [0.3, 0.4) is 0 Å². The average molecular weight is 260 g/mol. The number of nitrogens with zero attached hydrogens (tertiary/aromatic N) is 2. The number of thioether (sulfide) groups is 1. The Hall–Kier alpha value is -0.260. The number of amides is 1. The molecule has 0 bridgehead atoms. The van der Waals surface area contributed by atoms with Crippen LogP contribution in [0.5, 0.6) is 0 Å². The van der Waals surface area contributed by atoms with Gasteiger partial charge in [-0.2, -0.15) is 11.8 Å². The van der Waals surface area contributed by atoms with E-state index in [1.165, 1.54) is 6.42 Å². The number of carbonyl (C=O) groups is 1. The first-order valence-corrected chi connectivity index (χ1v) is 7.51. The van der Waals surface area contributed by atoms with Gasteiger partial charge < -0.3 is 14.5 Å². The van der Waals surface area contributed by atoms with E-state index in [4.69, 9.17) is 4.74 Å². The van der Waals surface area contributed by atoms with Crippen molar-refractivity contribution in [1.29, 1.82) is 0 Å². The van der Waals surface area contributed by atoms with E-state index >= 15 is 0 Å². The highest BCUT2D eigenvalue weighted by Crippen LogP contribution is 2.16. The van der Waals surface area contributed by atoms with Crippen LogP contribution in [0, 0.1) is 5.92 Å². The number of ether oxygens (including phenoxy) is 1. The number of carbonyl (C=O) groups excluding carboxylic acids is 1. The number of methoxy groups -OCH3 is 1. The summed E-state index contributed by atoms with van der Waals surface area (Å²) in [5.41, 5.74) is 0. The Morgan fingerprint density at radius 1 is 1.59 bits per heavy atom. The monoisotopic (exact) mass is 260 g/mol. The van der Waals surface area contributed by atoms with Gasteiger partial charge in [-0.05, 0) is 25.1 Å². The molecule has 17 heavy (non-hydrogen) atoms. The van der Waals surface area contributed by atoms with Gasteiger partial charge in [0.15, 0.2) is 0 Å². The number of likely N-dealkylation sites (tertiary alicyclic amines) is 1. The Labute approximate surface area is 109 Å². The van der Waals surface area contributed by atoms with Crippen LogP contribution >= 0.6 is 11.8 Å². The predicted octanol–water partition coefficient (Wildman–Crippen LogP) is 0.776. The lowest BCUT2D eigenvalue weighted by Gasteiger charge is -2.21. The molecule has 1 atom stereocenters. The van der Waals surface area contributed by atoms with Gasteiger partial charge in [-0.15, -0.1) is 0 Å². The van der Waals surface area contributed by atoms with E-state index in [1.54, 1.807) is 18.9 Å². The molecule has 0 aromatic heterocycles. The highest BCUT2D eigenvalue weighted by Gasteiger charge is 2.24. The van der Waals surface area contributed by atoms with E-state index < -0.39 is 0 Å². The molecule has 0 aliphatic carbocycles. The van der Waals surface area contributed by atoms with Gasteiger partial charge in [-0.3, -0.25) is 4.79 Å². The molecule has 1 fully saturated rings. The van der Waals surface area contributed by atoms with Crippen molar-refractivity contribution in [2.24, 2.45) is 5.92 Å². The Morgan fingerprint density at radius 2 is 2.35 bits per heavy atom. The maximum Gasteiger partial charge on any atom is 0.232 e. The third-order valence-corrected chi connectivity index (χ3v) is 3.74. The minimum absolute atomic E-state index is 0.243. The van der Waals surface area contributed by atoms with Gasteiger partial charge in [0.2, 0.25) is 5.91 Å². The minimum Gasteiger partial charge on any atom is -0.383 e. The number of hydrogen-bond donors (Lipinski definition) is 0. The van der Waals surface area contributed by atoms with Crippen molar-refractivity contribution in [3.8, 4) is 0 Å². The molecule has 0 N–H and O–H groups in total. The first kappa shape index (κ1) is 14.8. The summed E-state index contributed by atoms with van der Waals surface area (Å²) in [6.07, 6.45) is 3.16. The topological polar surface area (TPSA) is 32.8 Å². The van der Waals surface area contributed by atoms with Crippen LogP contribution in [-0.4, -0.2) is 74.7 Å². The molecule has 0 aromatic carbocycles. The summed E-state index contributed by atoms with van der Waals surface area (Å²) in [7, 11) is 3.65. The summed E-state index contributed by atoms with van der Waals surface area (Å²) in [5.74, 6) is 1.46.